The molecule has 53 heavy (non-hydrogen) atoms. The Bertz CT molecular complexity index is 3190. The van der Waals surface area contributed by atoms with Crippen molar-refractivity contribution in [1.29, 1.82) is 5.26 Å². The molecule has 246 valence electrons. The molecule has 3 heterocycles. The van der Waals surface area contributed by atoms with Crippen molar-refractivity contribution in [2.24, 2.45) is 0 Å². The van der Waals surface area contributed by atoms with E-state index in [1.54, 1.807) is 11.3 Å². The van der Waals surface area contributed by atoms with Gasteiger partial charge < -0.3 is 8.98 Å². The lowest BCUT2D eigenvalue weighted by molar-refractivity contribution is 0.665. The summed E-state index contributed by atoms with van der Waals surface area (Å²) in [5, 5.41) is 17.3. The summed E-state index contributed by atoms with van der Waals surface area (Å²) in [6.45, 7) is 0. The van der Waals surface area contributed by atoms with E-state index >= 15 is 0 Å². The second-order valence-electron chi connectivity index (χ2n) is 13.6. The third kappa shape index (κ3) is 4.58. The van der Waals surface area contributed by atoms with Crippen molar-refractivity contribution >= 4 is 75.3 Å². The van der Waals surface area contributed by atoms with Crippen molar-refractivity contribution in [3.63, 3.8) is 0 Å². The van der Waals surface area contributed by atoms with Gasteiger partial charge in [0.2, 0.25) is 0 Å². The largest absolute Gasteiger partial charge is 0.452 e. The first-order valence-corrected chi connectivity index (χ1v) is 18.5. The Morgan fingerprint density at radius 2 is 1.00 bits per heavy atom. The van der Waals surface area contributed by atoms with E-state index in [1.807, 2.05) is 6.07 Å². The summed E-state index contributed by atoms with van der Waals surface area (Å²) in [4.78, 5) is 0. The minimum absolute atomic E-state index is 0.526. The number of rotatable bonds is 4. The van der Waals surface area contributed by atoms with E-state index in [1.165, 1.54) is 53.2 Å². The van der Waals surface area contributed by atoms with Crippen LogP contribution in [0.5, 0.6) is 0 Å². The lowest BCUT2D eigenvalue weighted by Crippen LogP contribution is -1.94. The summed E-state index contributed by atoms with van der Waals surface area (Å²) in [7, 11) is 0. The van der Waals surface area contributed by atoms with E-state index < -0.39 is 0 Å². The first kappa shape index (κ1) is 29.8. The van der Waals surface area contributed by atoms with Gasteiger partial charge in [0.15, 0.2) is 11.2 Å². The lowest BCUT2D eigenvalue weighted by Gasteiger charge is -2.09. The van der Waals surface area contributed by atoms with Crippen molar-refractivity contribution in [2.75, 3.05) is 0 Å². The minimum atomic E-state index is 0.526. The van der Waals surface area contributed by atoms with Gasteiger partial charge in [0.25, 0.3) is 0 Å². The molecule has 0 saturated carbocycles. The number of furan rings is 1. The Morgan fingerprint density at radius 3 is 1.70 bits per heavy atom. The summed E-state index contributed by atoms with van der Waals surface area (Å²) in [6, 6.07) is 62.7. The van der Waals surface area contributed by atoms with Gasteiger partial charge in [0.05, 0.1) is 22.3 Å². The normalized spacial score (nSPS) is 11.8. The Hall–Kier alpha value is -6.93. The van der Waals surface area contributed by atoms with Crippen molar-refractivity contribution in [2.45, 2.75) is 0 Å². The van der Waals surface area contributed by atoms with Gasteiger partial charge in [-0.2, -0.15) is 5.26 Å². The van der Waals surface area contributed by atoms with Crippen molar-refractivity contribution in [3.05, 3.63) is 175 Å². The predicted octanol–water partition coefficient (Wildman–Crippen LogP) is 13.9. The number of fused-ring (bicyclic) bond motifs is 9. The lowest BCUT2D eigenvalue weighted by atomic mass is 9.98. The fourth-order valence-electron chi connectivity index (χ4n) is 8.12. The van der Waals surface area contributed by atoms with Crippen molar-refractivity contribution in [1.82, 2.24) is 4.57 Å². The molecular formula is C49H28N2OS. The van der Waals surface area contributed by atoms with Crippen LogP contribution in [-0.2, 0) is 0 Å². The summed E-state index contributed by atoms with van der Waals surface area (Å²) in [5.41, 5.74) is 11.8. The fraction of sp³-hybridized carbons (Fsp3) is 0. The van der Waals surface area contributed by atoms with Crippen LogP contribution in [0.1, 0.15) is 5.56 Å². The number of para-hydroxylation sites is 1. The van der Waals surface area contributed by atoms with Crippen LogP contribution >= 0.6 is 11.3 Å². The molecule has 0 aliphatic heterocycles. The molecule has 11 rings (SSSR count). The topological polar surface area (TPSA) is 41.9 Å². The highest BCUT2D eigenvalue weighted by Gasteiger charge is 2.21. The van der Waals surface area contributed by atoms with E-state index in [0.717, 1.165) is 44.2 Å². The Balaban J connectivity index is 1.14. The molecule has 0 atom stereocenters. The monoisotopic (exact) mass is 692 g/mol. The fourth-order valence-corrected chi connectivity index (χ4v) is 9.26. The molecule has 0 bridgehead atoms. The number of hydrogen-bond donors (Lipinski definition) is 0. The van der Waals surface area contributed by atoms with Crippen LogP contribution in [-0.4, -0.2) is 4.57 Å². The van der Waals surface area contributed by atoms with Crippen LogP contribution in [0, 0.1) is 11.3 Å². The highest BCUT2D eigenvalue weighted by molar-refractivity contribution is 7.25. The molecule has 0 aliphatic rings. The molecule has 0 aliphatic carbocycles. The molecule has 11 aromatic rings. The van der Waals surface area contributed by atoms with Crippen molar-refractivity contribution in [3.8, 4) is 45.1 Å². The van der Waals surface area contributed by atoms with Crippen LogP contribution in [0.3, 0.4) is 0 Å². The molecule has 0 amide bonds. The molecule has 0 saturated heterocycles. The Kier molecular flexibility index (Phi) is 6.48. The number of benzene rings is 8. The standard InChI is InChI=1S/C49H28N2OS/c50-29-36-24-35(34-18-21-38-37-14-7-8-17-46(37)53-47(38)28-34)27-42-39-15-9-16-45(49(39)52-48(36)42)51-43-22-19-32(30-10-3-1-4-11-30)25-40(43)41-26-33(20-23-44(41)51)31-12-5-2-6-13-31/h1-28H. The average molecular weight is 693 g/mol. The first-order chi connectivity index (χ1) is 26.2. The molecule has 3 nitrogen and oxygen atoms in total. The third-order valence-corrected chi connectivity index (χ3v) is 11.8. The van der Waals surface area contributed by atoms with Crippen LogP contribution in [0.15, 0.2) is 174 Å². The number of nitriles is 1. The highest BCUT2D eigenvalue weighted by atomic mass is 32.1. The number of hydrogen-bond acceptors (Lipinski definition) is 3. The van der Waals surface area contributed by atoms with E-state index in [2.05, 4.69) is 174 Å². The van der Waals surface area contributed by atoms with Gasteiger partial charge in [-0.05, 0) is 88.0 Å². The van der Waals surface area contributed by atoms with E-state index in [0.29, 0.717) is 11.1 Å². The molecule has 0 spiro atoms. The van der Waals surface area contributed by atoms with Gasteiger partial charge >= 0.3 is 0 Å². The summed E-state index contributed by atoms with van der Waals surface area (Å²) in [6.07, 6.45) is 0. The first-order valence-electron chi connectivity index (χ1n) is 17.7. The maximum atomic E-state index is 10.5. The third-order valence-electron chi connectivity index (χ3n) is 10.6. The van der Waals surface area contributed by atoms with Gasteiger partial charge in [0, 0.05) is 41.7 Å². The quantitative estimate of drug-likeness (QED) is 0.184. The summed E-state index contributed by atoms with van der Waals surface area (Å²) in [5.74, 6) is 0. The minimum Gasteiger partial charge on any atom is -0.452 e. The molecule has 0 fully saturated rings. The Labute approximate surface area is 308 Å². The average Bonchev–Trinajstić information content (AvgIpc) is 3.90. The molecule has 0 radical (unpaired) electrons. The van der Waals surface area contributed by atoms with E-state index in [9.17, 15) is 5.26 Å². The second kappa shape index (κ2) is 11.5. The van der Waals surface area contributed by atoms with Crippen LogP contribution < -0.4 is 0 Å². The molecule has 0 N–H and O–H groups in total. The number of nitrogens with zero attached hydrogens (tertiary/aromatic N) is 2. The summed E-state index contributed by atoms with van der Waals surface area (Å²) < 4.78 is 11.6. The summed E-state index contributed by atoms with van der Waals surface area (Å²) >= 11 is 1.80. The Morgan fingerprint density at radius 1 is 0.415 bits per heavy atom. The molecular weight excluding hydrogens is 665 g/mol. The van der Waals surface area contributed by atoms with Gasteiger partial charge in [-0.3, -0.25) is 0 Å². The van der Waals surface area contributed by atoms with Gasteiger partial charge in [-0.1, -0.05) is 115 Å². The molecule has 4 heteroatoms. The number of thiophene rings is 1. The molecule has 3 aromatic heterocycles. The van der Waals surface area contributed by atoms with Gasteiger partial charge in [0.1, 0.15) is 6.07 Å². The van der Waals surface area contributed by atoms with E-state index in [-0.39, 0.29) is 0 Å². The van der Waals surface area contributed by atoms with Gasteiger partial charge in [-0.25, -0.2) is 0 Å². The smallest absolute Gasteiger partial charge is 0.159 e. The van der Waals surface area contributed by atoms with Crippen LogP contribution in [0.4, 0.5) is 0 Å². The zero-order valence-electron chi connectivity index (χ0n) is 28.4. The predicted molar refractivity (Wildman–Crippen MR) is 222 cm³/mol. The molecule has 8 aromatic carbocycles. The van der Waals surface area contributed by atoms with E-state index in [4.69, 9.17) is 4.42 Å². The maximum Gasteiger partial charge on any atom is 0.159 e. The van der Waals surface area contributed by atoms with Crippen LogP contribution in [0.2, 0.25) is 0 Å². The highest BCUT2D eigenvalue weighted by Crippen LogP contribution is 2.43. The zero-order valence-corrected chi connectivity index (χ0v) is 29.2. The van der Waals surface area contributed by atoms with Crippen molar-refractivity contribution < 1.29 is 4.42 Å². The second-order valence-corrected chi connectivity index (χ2v) is 14.7. The maximum absolute atomic E-state index is 10.5. The SMILES string of the molecule is N#Cc1cc(-c2ccc3c(c2)sc2ccccc23)cc2c1oc1c(-n3c4ccc(-c5ccccc5)cc4c4cc(-c5ccccc5)ccc43)cccc12. The zero-order chi connectivity index (χ0) is 35.0. The van der Waals surface area contributed by atoms with Crippen LogP contribution in [0.25, 0.3) is 103 Å². The number of aromatic nitrogens is 1. The molecule has 0 unspecified atom stereocenters. The van der Waals surface area contributed by atoms with Gasteiger partial charge in [-0.15, -0.1) is 11.3 Å².